The highest BCUT2D eigenvalue weighted by Gasteiger charge is 2.38. The maximum Gasteiger partial charge on any atom is 0.309 e. The Morgan fingerprint density at radius 3 is 3.13 bits per heavy atom. The predicted molar refractivity (Wildman–Crippen MR) is 56.4 cm³/mol. The van der Waals surface area contributed by atoms with Crippen molar-refractivity contribution < 1.29 is 9.53 Å². The van der Waals surface area contributed by atoms with Gasteiger partial charge in [-0.3, -0.25) is 4.79 Å². The summed E-state index contributed by atoms with van der Waals surface area (Å²) < 4.78 is 5.41. The van der Waals surface area contributed by atoms with Gasteiger partial charge in [-0.15, -0.1) is 0 Å². The molecule has 2 heteroatoms. The Hall–Kier alpha value is -1.31. The molecule has 1 saturated heterocycles. The molecule has 78 valence electrons. The second-order valence-electron chi connectivity index (χ2n) is 4.54. The first-order valence-electron chi connectivity index (χ1n) is 5.54. The number of fused-ring (bicyclic) bond motifs is 4. The topological polar surface area (TPSA) is 26.3 Å². The first-order valence-corrected chi connectivity index (χ1v) is 5.54. The molecule has 0 saturated carbocycles. The lowest BCUT2D eigenvalue weighted by Gasteiger charge is -2.16. The van der Waals surface area contributed by atoms with Crippen molar-refractivity contribution >= 4 is 5.97 Å². The molecule has 1 aromatic carbocycles. The Kier molecular flexibility index (Phi) is 1.84. The second kappa shape index (κ2) is 3.09. The average molecular weight is 202 g/mol. The Balaban J connectivity index is 2.11. The third-order valence-electron chi connectivity index (χ3n) is 3.63. The van der Waals surface area contributed by atoms with Gasteiger partial charge in [0.15, 0.2) is 0 Å². The van der Waals surface area contributed by atoms with Gasteiger partial charge in [0.1, 0.15) is 6.10 Å². The van der Waals surface area contributed by atoms with E-state index in [0.717, 1.165) is 19.3 Å². The summed E-state index contributed by atoms with van der Waals surface area (Å²) in [5.74, 6) is 0.147. The van der Waals surface area contributed by atoms with Crippen LogP contribution in [0.3, 0.4) is 0 Å². The van der Waals surface area contributed by atoms with Crippen LogP contribution in [0.25, 0.3) is 0 Å². The van der Waals surface area contributed by atoms with Crippen LogP contribution >= 0.6 is 0 Å². The molecule has 2 atom stereocenters. The van der Waals surface area contributed by atoms with E-state index in [-0.39, 0.29) is 18.0 Å². The molecular formula is C13H14O2. The summed E-state index contributed by atoms with van der Waals surface area (Å²) in [5.41, 5.74) is 3.97. The van der Waals surface area contributed by atoms with E-state index in [0.29, 0.717) is 0 Å². The zero-order valence-corrected chi connectivity index (χ0v) is 8.82. The average Bonchev–Trinajstić information content (AvgIpc) is 2.45. The van der Waals surface area contributed by atoms with Crippen molar-refractivity contribution in [1.82, 2.24) is 0 Å². The number of benzene rings is 1. The molecule has 0 aromatic heterocycles. The fourth-order valence-corrected chi connectivity index (χ4v) is 2.75. The monoisotopic (exact) mass is 202 g/mol. The summed E-state index contributed by atoms with van der Waals surface area (Å²) in [6.07, 6.45) is 2.89. The summed E-state index contributed by atoms with van der Waals surface area (Å²) in [6, 6.07) is 6.30. The summed E-state index contributed by atoms with van der Waals surface area (Å²) in [7, 11) is 0. The Bertz CT molecular complexity index is 423. The largest absolute Gasteiger partial charge is 0.457 e. The van der Waals surface area contributed by atoms with Crippen LogP contribution in [0.15, 0.2) is 18.2 Å². The first kappa shape index (κ1) is 8.96. The zero-order valence-electron chi connectivity index (χ0n) is 8.82. The number of rotatable bonds is 0. The van der Waals surface area contributed by atoms with Gasteiger partial charge in [-0.2, -0.15) is 0 Å². The molecule has 15 heavy (non-hydrogen) atoms. The number of esters is 1. The molecule has 2 aliphatic rings. The maximum atomic E-state index is 11.5. The van der Waals surface area contributed by atoms with Crippen LogP contribution in [0.1, 0.15) is 35.6 Å². The summed E-state index contributed by atoms with van der Waals surface area (Å²) >= 11 is 0. The highest BCUT2D eigenvalue weighted by Crippen LogP contribution is 2.41. The van der Waals surface area contributed by atoms with Crippen molar-refractivity contribution in [3.8, 4) is 0 Å². The van der Waals surface area contributed by atoms with Crippen molar-refractivity contribution in [2.75, 3.05) is 0 Å². The van der Waals surface area contributed by atoms with Gasteiger partial charge in [-0.25, -0.2) is 0 Å². The molecule has 1 aliphatic heterocycles. The SMILES string of the molecule is Cc1cccc2c1CC[C@H]1C[C@@H]2OC1=O. The van der Waals surface area contributed by atoms with Crippen molar-refractivity contribution in [3.05, 3.63) is 34.9 Å². The Morgan fingerprint density at radius 1 is 1.40 bits per heavy atom. The molecule has 0 radical (unpaired) electrons. The molecule has 1 aromatic rings. The zero-order chi connectivity index (χ0) is 10.4. The minimum Gasteiger partial charge on any atom is -0.457 e. The van der Waals surface area contributed by atoms with Gasteiger partial charge in [0.05, 0.1) is 5.92 Å². The Morgan fingerprint density at radius 2 is 2.27 bits per heavy atom. The number of hydrogen-bond donors (Lipinski definition) is 0. The van der Waals surface area contributed by atoms with E-state index in [1.165, 1.54) is 16.7 Å². The molecule has 0 N–H and O–H groups in total. The lowest BCUT2D eigenvalue weighted by Crippen LogP contribution is -2.11. The van der Waals surface area contributed by atoms with E-state index in [1.54, 1.807) is 0 Å². The van der Waals surface area contributed by atoms with Gasteiger partial charge in [0.2, 0.25) is 0 Å². The van der Waals surface area contributed by atoms with Crippen molar-refractivity contribution in [2.24, 2.45) is 5.92 Å². The van der Waals surface area contributed by atoms with E-state index in [1.807, 2.05) is 0 Å². The van der Waals surface area contributed by atoms with Crippen LogP contribution in [0.4, 0.5) is 0 Å². The maximum absolute atomic E-state index is 11.5. The van der Waals surface area contributed by atoms with Crippen LogP contribution in [-0.4, -0.2) is 5.97 Å². The molecular weight excluding hydrogens is 188 g/mol. The minimum atomic E-state index is 0.00663. The van der Waals surface area contributed by atoms with Gasteiger partial charge in [0.25, 0.3) is 0 Å². The minimum absolute atomic E-state index is 0.00663. The van der Waals surface area contributed by atoms with Crippen LogP contribution in [0, 0.1) is 12.8 Å². The van der Waals surface area contributed by atoms with Crippen molar-refractivity contribution in [2.45, 2.75) is 32.3 Å². The predicted octanol–water partition coefficient (Wildman–Crippen LogP) is 2.55. The Labute approximate surface area is 89.2 Å². The lowest BCUT2D eigenvalue weighted by atomic mass is 9.96. The first-order chi connectivity index (χ1) is 7.25. The molecule has 0 spiro atoms. The number of ether oxygens (including phenoxy) is 1. The summed E-state index contributed by atoms with van der Waals surface area (Å²) in [5, 5.41) is 0. The normalized spacial score (nSPS) is 28.2. The van der Waals surface area contributed by atoms with Gasteiger partial charge >= 0.3 is 5.97 Å². The van der Waals surface area contributed by atoms with Crippen molar-refractivity contribution in [1.29, 1.82) is 0 Å². The van der Waals surface area contributed by atoms with E-state index in [4.69, 9.17) is 4.74 Å². The van der Waals surface area contributed by atoms with E-state index >= 15 is 0 Å². The van der Waals surface area contributed by atoms with Gasteiger partial charge in [-0.05, 0) is 36.5 Å². The third kappa shape index (κ3) is 1.28. The molecule has 1 aliphatic carbocycles. The molecule has 1 fully saturated rings. The number of aryl methyl sites for hydroxylation is 1. The van der Waals surface area contributed by atoms with Crippen LogP contribution in [0.5, 0.6) is 0 Å². The summed E-state index contributed by atoms with van der Waals surface area (Å²) in [4.78, 5) is 11.5. The number of carbonyl (C=O) groups is 1. The third-order valence-corrected chi connectivity index (χ3v) is 3.63. The standard InChI is InChI=1S/C13H14O2/c1-8-3-2-4-11-10(8)6-5-9-7-12(11)15-13(9)14/h2-4,9,12H,5-7H2,1H3/t9-,12-/m0/s1. The molecule has 3 rings (SSSR count). The fraction of sp³-hybridized carbons (Fsp3) is 0.462. The molecule has 1 heterocycles. The number of hydrogen-bond acceptors (Lipinski definition) is 2. The van der Waals surface area contributed by atoms with Gasteiger partial charge in [0, 0.05) is 6.42 Å². The fourth-order valence-electron chi connectivity index (χ4n) is 2.75. The van der Waals surface area contributed by atoms with E-state index in [9.17, 15) is 4.79 Å². The summed E-state index contributed by atoms with van der Waals surface area (Å²) in [6.45, 7) is 2.14. The van der Waals surface area contributed by atoms with Gasteiger partial charge in [-0.1, -0.05) is 18.2 Å². The van der Waals surface area contributed by atoms with Crippen LogP contribution < -0.4 is 0 Å². The smallest absolute Gasteiger partial charge is 0.309 e. The van der Waals surface area contributed by atoms with E-state index in [2.05, 4.69) is 25.1 Å². The van der Waals surface area contributed by atoms with Crippen LogP contribution in [-0.2, 0) is 16.0 Å². The quantitative estimate of drug-likeness (QED) is 0.604. The molecule has 0 unspecified atom stereocenters. The molecule has 2 nitrogen and oxygen atoms in total. The molecule has 0 amide bonds. The lowest BCUT2D eigenvalue weighted by molar-refractivity contribution is -0.144. The highest BCUT2D eigenvalue weighted by atomic mass is 16.6. The second-order valence-corrected chi connectivity index (χ2v) is 4.54. The van der Waals surface area contributed by atoms with Crippen molar-refractivity contribution in [3.63, 3.8) is 0 Å². The van der Waals surface area contributed by atoms with E-state index < -0.39 is 0 Å². The highest BCUT2D eigenvalue weighted by molar-refractivity contribution is 5.75. The number of carbonyl (C=O) groups excluding carboxylic acids is 1. The van der Waals surface area contributed by atoms with Crippen LogP contribution in [0.2, 0.25) is 0 Å². The molecule has 2 bridgehead atoms. The van der Waals surface area contributed by atoms with Gasteiger partial charge < -0.3 is 4.74 Å².